The molecular weight excluding hydrogens is 387 g/mol. The van der Waals surface area contributed by atoms with Gasteiger partial charge in [-0.15, -0.1) is 0 Å². The van der Waals surface area contributed by atoms with Crippen LogP contribution in [0.1, 0.15) is 28.0 Å². The normalized spacial score (nSPS) is 24.9. The number of ketones is 1. The maximum Gasteiger partial charge on any atom is 0.283 e. The minimum Gasteiger partial charge on any atom is -0.495 e. The number of nitrogens with zero attached hydrogens (tertiary/aromatic N) is 2. The summed E-state index contributed by atoms with van der Waals surface area (Å²) in [5.74, 6) is -2.75. The molecule has 2 N–H and O–H groups in total. The average Bonchev–Trinajstić information content (AvgIpc) is 3.49. The molecule has 9 heteroatoms. The molecule has 29 heavy (non-hydrogen) atoms. The van der Waals surface area contributed by atoms with Crippen LogP contribution in [0.15, 0.2) is 35.5 Å². The SMILES string of the molecule is COc1ccc(C(=O)Cc2cc(F)c(F)c([C@@]3(CF)N=C(N)O[C@@H]4C[C@@H]43)c2)nc1. The van der Waals surface area contributed by atoms with Crippen LogP contribution < -0.4 is 10.5 Å². The molecule has 1 aliphatic carbocycles. The molecule has 1 saturated carbocycles. The molecule has 0 spiro atoms. The molecule has 1 aromatic carbocycles. The lowest BCUT2D eigenvalue weighted by Gasteiger charge is -2.31. The second-order valence-corrected chi connectivity index (χ2v) is 7.13. The molecule has 4 rings (SSSR count). The molecule has 1 aliphatic heterocycles. The maximum absolute atomic E-state index is 14.7. The summed E-state index contributed by atoms with van der Waals surface area (Å²) >= 11 is 0. The predicted molar refractivity (Wildman–Crippen MR) is 97.4 cm³/mol. The lowest BCUT2D eigenvalue weighted by Crippen LogP contribution is -2.40. The van der Waals surface area contributed by atoms with Gasteiger partial charge in [0.1, 0.15) is 29.8 Å². The van der Waals surface area contributed by atoms with Crippen LogP contribution in [0, 0.1) is 17.6 Å². The number of alkyl halides is 1. The number of Topliss-reactive ketones (excluding diaryl/α,β-unsaturated/α-hetero) is 1. The van der Waals surface area contributed by atoms with E-state index in [1.54, 1.807) is 6.07 Å². The lowest BCUT2D eigenvalue weighted by molar-refractivity contribution is 0.0988. The Morgan fingerprint density at radius 1 is 1.38 bits per heavy atom. The van der Waals surface area contributed by atoms with Crippen LogP contribution in [0.2, 0.25) is 0 Å². The Labute approximate surface area is 164 Å². The lowest BCUT2D eigenvalue weighted by atomic mass is 9.84. The maximum atomic E-state index is 14.7. The highest BCUT2D eigenvalue weighted by molar-refractivity contribution is 5.95. The van der Waals surface area contributed by atoms with Gasteiger partial charge in [-0.1, -0.05) is 0 Å². The van der Waals surface area contributed by atoms with Crippen molar-refractivity contribution in [2.45, 2.75) is 24.5 Å². The quantitative estimate of drug-likeness (QED) is 0.747. The van der Waals surface area contributed by atoms with Crippen molar-refractivity contribution in [1.82, 2.24) is 4.98 Å². The van der Waals surface area contributed by atoms with Crippen LogP contribution in [0.3, 0.4) is 0 Å². The minimum absolute atomic E-state index is 0.146. The summed E-state index contributed by atoms with van der Waals surface area (Å²) < 4.78 is 53.4. The predicted octanol–water partition coefficient (Wildman–Crippen LogP) is 2.69. The van der Waals surface area contributed by atoms with Gasteiger partial charge in [0.05, 0.1) is 13.3 Å². The van der Waals surface area contributed by atoms with Gasteiger partial charge in [0.25, 0.3) is 6.02 Å². The summed E-state index contributed by atoms with van der Waals surface area (Å²) in [5, 5.41) is 0. The first-order chi connectivity index (χ1) is 13.9. The fourth-order valence-corrected chi connectivity index (χ4v) is 3.73. The number of halogens is 3. The number of aromatic nitrogens is 1. The number of amidine groups is 1. The molecular formula is C20H18F3N3O3. The largest absolute Gasteiger partial charge is 0.495 e. The Hall–Kier alpha value is -3.10. The molecule has 1 aromatic heterocycles. The number of hydrogen-bond acceptors (Lipinski definition) is 6. The van der Waals surface area contributed by atoms with Gasteiger partial charge in [-0.3, -0.25) is 4.79 Å². The number of ether oxygens (including phenoxy) is 2. The number of benzene rings is 1. The van der Waals surface area contributed by atoms with Gasteiger partial charge in [0, 0.05) is 17.9 Å². The fraction of sp³-hybridized carbons (Fsp3) is 0.350. The Balaban J connectivity index is 1.69. The van der Waals surface area contributed by atoms with Crippen LogP contribution in [0.25, 0.3) is 0 Å². The first-order valence-electron chi connectivity index (χ1n) is 8.97. The second-order valence-electron chi connectivity index (χ2n) is 7.13. The van der Waals surface area contributed by atoms with Crippen molar-refractivity contribution in [1.29, 1.82) is 0 Å². The van der Waals surface area contributed by atoms with Gasteiger partial charge in [-0.05, 0) is 36.2 Å². The number of aliphatic imine (C=N–C) groups is 1. The van der Waals surface area contributed by atoms with Gasteiger partial charge in [0.15, 0.2) is 17.4 Å². The van der Waals surface area contributed by atoms with Crippen LogP contribution >= 0.6 is 0 Å². The van der Waals surface area contributed by atoms with E-state index in [4.69, 9.17) is 15.2 Å². The second kappa shape index (κ2) is 7.06. The zero-order valence-corrected chi connectivity index (χ0v) is 15.5. The molecule has 0 bridgehead atoms. The summed E-state index contributed by atoms with van der Waals surface area (Å²) in [5.41, 5.74) is 4.03. The number of carbonyl (C=O) groups excluding carboxylic acids is 1. The number of carbonyl (C=O) groups is 1. The van der Waals surface area contributed by atoms with Crippen molar-refractivity contribution in [3.8, 4) is 5.75 Å². The van der Waals surface area contributed by atoms with Crippen LogP contribution in [0.4, 0.5) is 13.2 Å². The summed E-state index contributed by atoms with van der Waals surface area (Å²) in [6.45, 7) is -1.06. The van der Waals surface area contributed by atoms with Gasteiger partial charge in [-0.25, -0.2) is 23.1 Å². The Kier molecular flexibility index (Phi) is 4.68. The van der Waals surface area contributed by atoms with Crippen LogP contribution in [-0.2, 0) is 16.7 Å². The average molecular weight is 405 g/mol. The molecule has 0 radical (unpaired) electrons. The summed E-state index contributed by atoms with van der Waals surface area (Å²) in [4.78, 5) is 20.5. The van der Waals surface area contributed by atoms with Gasteiger partial charge < -0.3 is 15.2 Å². The molecule has 2 aliphatic rings. The summed E-state index contributed by atoms with van der Waals surface area (Å²) in [6.07, 6.45) is 1.21. The summed E-state index contributed by atoms with van der Waals surface area (Å²) in [7, 11) is 1.47. The van der Waals surface area contributed by atoms with E-state index in [1.807, 2.05) is 0 Å². The highest BCUT2D eigenvalue weighted by Crippen LogP contribution is 2.53. The van der Waals surface area contributed by atoms with E-state index in [0.29, 0.717) is 12.2 Å². The van der Waals surface area contributed by atoms with Crippen molar-refractivity contribution < 1.29 is 27.4 Å². The summed E-state index contributed by atoms with van der Waals surface area (Å²) in [6, 6.07) is 4.98. The van der Waals surface area contributed by atoms with Crippen molar-refractivity contribution in [3.63, 3.8) is 0 Å². The fourth-order valence-electron chi connectivity index (χ4n) is 3.73. The smallest absolute Gasteiger partial charge is 0.283 e. The van der Waals surface area contributed by atoms with E-state index in [2.05, 4.69) is 9.98 Å². The number of nitrogens with two attached hydrogens (primary N) is 1. The Morgan fingerprint density at radius 3 is 2.83 bits per heavy atom. The third kappa shape index (κ3) is 3.30. The molecule has 0 amide bonds. The Morgan fingerprint density at radius 2 is 2.17 bits per heavy atom. The first kappa shape index (κ1) is 19.2. The number of pyridine rings is 1. The highest BCUT2D eigenvalue weighted by atomic mass is 19.2. The topological polar surface area (TPSA) is 86.8 Å². The molecule has 2 aromatic rings. The molecule has 3 atom stereocenters. The van der Waals surface area contributed by atoms with Crippen LogP contribution in [-0.4, -0.2) is 36.7 Å². The monoisotopic (exact) mass is 405 g/mol. The molecule has 1 fully saturated rings. The van der Waals surface area contributed by atoms with E-state index in [0.717, 1.165) is 6.07 Å². The third-order valence-corrected chi connectivity index (χ3v) is 5.31. The first-order valence-corrected chi connectivity index (χ1v) is 8.97. The highest BCUT2D eigenvalue weighted by Gasteiger charge is 2.60. The van der Waals surface area contributed by atoms with Crippen molar-refractivity contribution in [2.75, 3.05) is 13.8 Å². The zero-order valence-electron chi connectivity index (χ0n) is 15.5. The van der Waals surface area contributed by atoms with Crippen molar-refractivity contribution in [3.05, 3.63) is 58.9 Å². The molecule has 0 saturated heterocycles. The number of hydrogen-bond donors (Lipinski definition) is 1. The molecule has 6 nitrogen and oxygen atoms in total. The third-order valence-electron chi connectivity index (χ3n) is 5.31. The van der Waals surface area contributed by atoms with Crippen molar-refractivity contribution in [2.24, 2.45) is 16.6 Å². The van der Waals surface area contributed by atoms with Crippen molar-refractivity contribution >= 4 is 11.8 Å². The van der Waals surface area contributed by atoms with E-state index in [9.17, 15) is 18.0 Å². The minimum atomic E-state index is -1.66. The van der Waals surface area contributed by atoms with E-state index in [-0.39, 0.29) is 35.4 Å². The molecule has 2 heterocycles. The number of fused-ring (bicyclic) bond motifs is 1. The van der Waals surface area contributed by atoms with Crippen LogP contribution in [0.5, 0.6) is 5.75 Å². The number of rotatable bonds is 6. The van der Waals surface area contributed by atoms with E-state index < -0.39 is 35.5 Å². The van der Waals surface area contributed by atoms with E-state index in [1.165, 1.54) is 25.4 Å². The van der Waals surface area contributed by atoms with Gasteiger partial charge >= 0.3 is 0 Å². The van der Waals surface area contributed by atoms with Gasteiger partial charge in [0.2, 0.25) is 0 Å². The Bertz CT molecular complexity index is 996. The standard InChI is InChI=1S/C20H18F3N3O3/c1-28-11-2-3-15(25-8-11)16(27)6-10-4-13(18(23)14(22)5-10)20(9-21)12-7-17(12)29-19(24)26-20/h2-5,8,12,17H,6-7,9H2,1H3,(H2,24,26)/t12-,17+,20-/m0/s1. The number of methoxy groups -OCH3 is 1. The zero-order chi connectivity index (χ0) is 20.8. The van der Waals surface area contributed by atoms with Gasteiger partial charge in [-0.2, -0.15) is 0 Å². The molecule has 152 valence electrons. The van der Waals surface area contributed by atoms with E-state index >= 15 is 0 Å². The molecule has 0 unspecified atom stereocenters.